The van der Waals surface area contributed by atoms with Crippen LogP contribution in [0.3, 0.4) is 0 Å². The summed E-state index contributed by atoms with van der Waals surface area (Å²) in [5, 5.41) is 6.53. The fourth-order valence-electron chi connectivity index (χ4n) is 4.45. The van der Waals surface area contributed by atoms with Gasteiger partial charge in [-0.25, -0.2) is 25.2 Å². The Bertz CT molecular complexity index is 1130. The Kier molecular flexibility index (Phi) is 5.81. The van der Waals surface area contributed by atoms with Crippen LogP contribution in [0.25, 0.3) is 11.2 Å². The molecular formula is C21H23F4N7O. The van der Waals surface area contributed by atoms with Crippen molar-refractivity contribution in [2.24, 2.45) is 0 Å². The first-order valence-corrected chi connectivity index (χ1v) is 10.7. The molecule has 2 aliphatic rings. The molecule has 1 aromatic carbocycles. The summed E-state index contributed by atoms with van der Waals surface area (Å²) in [4.78, 5) is 9.18. The van der Waals surface area contributed by atoms with Crippen LogP contribution in [0, 0.1) is 5.82 Å². The predicted octanol–water partition coefficient (Wildman–Crippen LogP) is 3.37. The molecule has 2 aromatic heterocycles. The molecule has 0 amide bonds. The lowest BCUT2D eigenvalue weighted by Gasteiger charge is -2.24. The van der Waals surface area contributed by atoms with Gasteiger partial charge in [-0.2, -0.15) is 0 Å². The lowest BCUT2D eigenvalue weighted by Crippen LogP contribution is -2.36. The summed E-state index contributed by atoms with van der Waals surface area (Å²) in [6.07, 6.45) is 0.530. The van der Waals surface area contributed by atoms with Gasteiger partial charge in [-0.1, -0.05) is 6.07 Å². The number of piperidine rings is 1. The van der Waals surface area contributed by atoms with E-state index in [0.717, 1.165) is 49.2 Å². The van der Waals surface area contributed by atoms with Crippen LogP contribution in [0.4, 0.5) is 23.4 Å². The molecule has 8 nitrogen and oxygen atoms in total. The number of ether oxygens (including phenoxy) is 1. The quantitative estimate of drug-likeness (QED) is 0.430. The number of hydrogen-bond acceptors (Lipinski definition) is 7. The van der Waals surface area contributed by atoms with E-state index in [4.69, 9.17) is 4.98 Å². The standard InChI is InChI=1S/C21H23F4N7O/c22-13-2-1-3-16(33-21(23,24)25)19(13)15-10-17(31-30-15)28-18-11-27-14-6-9-32(20(14)29-18)12-4-7-26-8-5-12/h1-3,6,9,11-12,15,17,26,30-31H,4-5,7-8,10H2,(H,28,29). The molecule has 5 rings (SSSR count). The van der Waals surface area contributed by atoms with Gasteiger partial charge in [-0.05, 0) is 44.1 Å². The van der Waals surface area contributed by atoms with E-state index in [1.807, 2.05) is 12.3 Å². The molecule has 0 radical (unpaired) electrons. The van der Waals surface area contributed by atoms with Gasteiger partial charge in [0.25, 0.3) is 0 Å². The van der Waals surface area contributed by atoms with Crippen LogP contribution in [0.1, 0.15) is 36.9 Å². The molecule has 2 saturated heterocycles. The number of hydrogen-bond donors (Lipinski definition) is 4. The number of anilines is 1. The highest BCUT2D eigenvalue weighted by Gasteiger charge is 2.36. The fraction of sp³-hybridized carbons (Fsp3) is 0.429. The summed E-state index contributed by atoms with van der Waals surface area (Å²) in [5.74, 6) is -0.835. The van der Waals surface area contributed by atoms with Gasteiger partial charge in [0.2, 0.25) is 0 Å². The maximum atomic E-state index is 14.4. The average Bonchev–Trinajstić information content (AvgIpc) is 3.40. The van der Waals surface area contributed by atoms with Crippen LogP contribution in [-0.4, -0.2) is 40.2 Å². The lowest BCUT2D eigenvalue weighted by molar-refractivity contribution is -0.275. The smallest absolute Gasteiger partial charge is 0.405 e. The minimum atomic E-state index is -4.92. The van der Waals surface area contributed by atoms with Crippen molar-refractivity contribution in [1.29, 1.82) is 0 Å². The summed E-state index contributed by atoms with van der Waals surface area (Å²) in [5.41, 5.74) is 7.16. The molecule has 0 bridgehead atoms. The Hall–Kier alpha value is -2.96. The number of aromatic nitrogens is 3. The number of alkyl halides is 3. The second-order valence-corrected chi connectivity index (χ2v) is 8.14. The molecule has 2 fully saturated rings. The fourth-order valence-corrected chi connectivity index (χ4v) is 4.45. The zero-order valence-electron chi connectivity index (χ0n) is 17.5. The third-order valence-corrected chi connectivity index (χ3v) is 5.93. The normalized spacial score (nSPS) is 22.1. The highest BCUT2D eigenvalue weighted by atomic mass is 19.4. The zero-order valence-corrected chi connectivity index (χ0v) is 17.5. The van der Waals surface area contributed by atoms with E-state index in [2.05, 4.69) is 35.8 Å². The number of hydrazine groups is 1. The molecular weight excluding hydrogens is 442 g/mol. The second kappa shape index (κ2) is 8.76. The summed E-state index contributed by atoms with van der Waals surface area (Å²) < 4.78 is 58.9. The maximum Gasteiger partial charge on any atom is 0.573 e. The van der Waals surface area contributed by atoms with E-state index >= 15 is 0 Å². The highest BCUT2D eigenvalue weighted by molar-refractivity contribution is 5.73. The van der Waals surface area contributed by atoms with Crippen LogP contribution in [0.15, 0.2) is 36.7 Å². The Morgan fingerprint density at radius 2 is 1.94 bits per heavy atom. The molecule has 176 valence electrons. The molecule has 4 N–H and O–H groups in total. The van der Waals surface area contributed by atoms with E-state index < -0.39 is 30.1 Å². The first-order chi connectivity index (χ1) is 15.9. The van der Waals surface area contributed by atoms with Crippen LogP contribution in [-0.2, 0) is 0 Å². The minimum Gasteiger partial charge on any atom is -0.405 e. The first kappa shape index (κ1) is 21.9. The third-order valence-electron chi connectivity index (χ3n) is 5.93. The van der Waals surface area contributed by atoms with Gasteiger partial charge in [0.1, 0.15) is 22.9 Å². The molecule has 2 atom stereocenters. The van der Waals surface area contributed by atoms with Crippen LogP contribution in [0.5, 0.6) is 5.75 Å². The van der Waals surface area contributed by atoms with E-state index in [1.54, 1.807) is 6.20 Å². The number of halogens is 4. The molecule has 12 heteroatoms. The summed E-state index contributed by atoms with van der Waals surface area (Å²) in [7, 11) is 0. The minimum absolute atomic E-state index is 0.187. The zero-order chi connectivity index (χ0) is 23.0. The highest BCUT2D eigenvalue weighted by Crippen LogP contribution is 2.35. The van der Waals surface area contributed by atoms with E-state index in [0.29, 0.717) is 11.9 Å². The van der Waals surface area contributed by atoms with Crippen molar-refractivity contribution in [1.82, 2.24) is 30.7 Å². The Balaban J connectivity index is 1.32. The van der Waals surface area contributed by atoms with E-state index in [-0.39, 0.29) is 12.0 Å². The van der Waals surface area contributed by atoms with Crippen molar-refractivity contribution in [2.75, 3.05) is 18.4 Å². The Morgan fingerprint density at radius 3 is 2.73 bits per heavy atom. The molecule has 0 spiro atoms. The number of benzene rings is 1. The molecule has 2 aliphatic heterocycles. The predicted molar refractivity (Wildman–Crippen MR) is 113 cm³/mol. The molecule has 0 aliphatic carbocycles. The van der Waals surface area contributed by atoms with Crippen molar-refractivity contribution in [2.45, 2.75) is 43.9 Å². The first-order valence-electron chi connectivity index (χ1n) is 10.7. The van der Waals surface area contributed by atoms with Crippen molar-refractivity contribution in [3.8, 4) is 5.75 Å². The van der Waals surface area contributed by atoms with Crippen molar-refractivity contribution in [3.63, 3.8) is 0 Å². The van der Waals surface area contributed by atoms with E-state index in [1.165, 1.54) is 6.07 Å². The van der Waals surface area contributed by atoms with Crippen molar-refractivity contribution < 1.29 is 22.3 Å². The van der Waals surface area contributed by atoms with Gasteiger partial charge in [0, 0.05) is 24.2 Å². The van der Waals surface area contributed by atoms with Gasteiger partial charge in [0.15, 0.2) is 5.65 Å². The largest absolute Gasteiger partial charge is 0.573 e. The van der Waals surface area contributed by atoms with Gasteiger partial charge in [-0.15, -0.1) is 13.2 Å². The second-order valence-electron chi connectivity index (χ2n) is 8.14. The van der Waals surface area contributed by atoms with Gasteiger partial charge < -0.3 is 19.9 Å². The monoisotopic (exact) mass is 465 g/mol. The van der Waals surface area contributed by atoms with Crippen LogP contribution < -0.4 is 26.2 Å². The molecule has 2 unspecified atom stereocenters. The lowest BCUT2D eigenvalue weighted by atomic mass is 10.0. The number of fused-ring (bicyclic) bond motifs is 1. The van der Waals surface area contributed by atoms with Gasteiger partial charge in [-0.3, -0.25) is 0 Å². The van der Waals surface area contributed by atoms with Gasteiger partial charge in [0.05, 0.1) is 18.4 Å². The van der Waals surface area contributed by atoms with E-state index in [9.17, 15) is 17.6 Å². The third kappa shape index (κ3) is 4.72. The number of nitrogens with zero attached hydrogens (tertiary/aromatic N) is 3. The van der Waals surface area contributed by atoms with Crippen molar-refractivity contribution >= 4 is 17.0 Å². The van der Waals surface area contributed by atoms with Gasteiger partial charge >= 0.3 is 6.36 Å². The SMILES string of the molecule is Fc1cccc(OC(F)(F)F)c1C1CC(Nc2cnc3ccn(C4CCNCC4)c3n2)NN1. The average molecular weight is 465 g/mol. The summed E-state index contributed by atoms with van der Waals surface area (Å²) >= 11 is 0. The van der Waals surface area contributed by atoms with Crippen molar-refractivity contribution in [3.05, 3.63) is 48.0 Å². The van der Waals surface area contributed by atoms with Crippen LogP contribution in [0.2, 0.25) is 0 Å². The summed E-state index contributed by atoms with van der Waals surface area (Å²) in [6, 6.07) is 4.92. The Morgan fingerprint density at radius 1 is 1.12 bits per heavy atom. The molecule has 3 aromatic rings. The maximum absolute atomic E-state index is 14.4. The topological polar surface area (TPSA) is 88.1 Å². The molecule has 4 heterocycles. The summed E-state index contributed by atoms with van der Waals surface area (Å²) in [6.45, 7) is 1.90. The Labute approximate surface area is 186 Å². The number of nitrogens with one attached hydrogen (secondary N) is 4. The molecule has 33 heavy (non-hydrogen) atoms. The number of rotatable bonds is 5. The van der Waals surface area contributed by atoms with Crippen LogP contribution >= 0.6 is 0 Å². The molecule has 0 saturated carbocycles.